The number of nitrogens with one attached hydrogen (secondary N) is 2. The Hall–Kier alpha value is -2.50. The molecule has 2 amide bonds. The predicted molar refractivity (Wildman–Crippen MR) is 74.9 cm³/mol. The number of rotatable bonds is 5. The highest BCUT2D eigenvalue weighted by molar-refractivity contribution is 5.87. The molecule has 0 unspecified atom stereocenters. The maximum absolute atomic E-state index is 10.7. The maximum Gasteiger partial charge on any atom is 0.316 e. The number of imidazole rings is 1. The Morgan fingerprint density at radius 1 is 1.32 bits per heavy atom. The number of anilines is 2. The zero-order valence-corrected chi connectivity index (χ0v) is 10.8. The van der Waals surface area contributed by atoms with Gasteiger partial charge in [-0.3, -0.25) is 0 Å². The lowest BCUT2D eigenvalue weighted by molar-refractivity contribution is 0.259. The molecule has 1 aromatic heterocycles. The molecule has 0 radical (unpaired) electrons. The van der Waals surface area contributed by atoms with Crippen molar-refractivity contribution in [1.29, 1.82) is 0 Å². The van der Waals surface area contributed by atoms with E-state index >= 15 is 0 Å². The van der Waals surface area contributed by atoms with Gasteiger partial charge in [0.25, 0.3) is 0 Å². The van der Waals surface area contributed by atoms with E-state index in [-0.39, 0.29) is 0 Å². The van der Waals surface area contributed by atoms with Crippen molar-refractivity contribution in [1.82, 2.24) is 9.55 Å². The minimum absolute atomic E-state index is 0.564. The molecule has 0 atom stereocenters. The topological polar surface area (TPSA) is 85.0 Å². The molecular formula is C13H17N5O. The smallest absolute Gasteiger partial charge is 0.316 e. The van der Waals surface area contributed by atoms with Gasteiger partial charge >= 0.3 is 6.03 Å². The Morgan fingerprint density at radius 3 is 2.63 bits per heavy atom. The lowest BCUT2D eigenvalue weighted by atomic mass is 10.3. The normalized spacial score (nSPS) is 10.2. The monoisotopic (exact) mass is 259 g/mol. The van der Waals surface area contributed by atoms with Crippen LogP contribution in [0.1, 0.15) is 12.7 Å². The van der Waals surface area contributed by atoms with E-state index in [4.69, 9.17) is 5.73 Å². The van der Waals surface area contributed by atoms with Crippen LogP contribution in [-0.4, -0.2) is 15.6 Å². The van der Waals surface area contributed by atoms with Gasteiger partial charge in [0, 0.05) is 30.3 Å². The van der Waals surface area contributed by atoms with E-state index in [1.54, 1.807) is 18.3 Å². The van der Waals surface area contributed by atoms with Crippen molar-refractivity contribution < 1.29 is 4.79 Å². The second kappa shape index (κ2) is 5.90. The van der Waals surface area contributed by atoms with Crippen LogP contribution in [0.2, 0.25) is 0 Å². The fourth-order valence-electron chi connectivity index (χ4n) is 1.79. The van der Waals surface area contributed by atoms with Crippen molar-refractivity contribution in [3.63, 3.8) is 0 Å². The fraction of sp³-hybridized carbons (Fsp3) is 0.231. The number of amides is 2. The van der Waals surface area contributed by atoms with Crippen LogP contribution < -0.4 is 16.4 Å². The highest BCUT2D eigenvalue weighted by atomic mass is 16.2. The number of primary amides is 1. The number of urea groups is 1. The number of aromatic nitrogens is 2. The van der Waals surface area contributed by atoms with Crippen LogP contribution in [-0.2, 0) is 13.1 Å². The summed E-state index contributed by atoms with van der Waals surface area (Å²) in [6.45, 7) is 3.64. The summed E-state index contributed by atoms with van der Waals surface area (Å²) in [7, 11) is 0. The first kappa shape index (κ1) is 12.9. The molecular weight excluding hydrogens is 242 g/mol. The van der Waals surface area contributed by atoms with Gasteiger partial charge in [-0.15, -0.1) is 0 Å². The second-order valence-corrected chi connectivity index (χ2v) is 4.05. The number of hydrogen-bond donors (Lipinski definition) is 3. The first-order valence-electron chi connectivity index (χ1n) is 6.09. The molecule has 1 aromatic carbocycles. The molecule has 100 valence electrons. The molecule has 4 N–H and O–H groups in total. The van der Waals surface area contributed by atoms with Crippen molar-refractivity contribution in [2.75, 3.05) is 10.6 Å². The van der Waals surface area contributed by atoms with Crippen molar-refractivity contribution in [3.05, 3.63) is 42.5 Å². The predicted octanol–water partition coefficient (Wildman–Crippen LogP) is 2.01. The van der Waals surface area contributed by atoms with E-state index in [2.05, 4.69) is 27.1 Å². The van der Waals surface area contributed by atoms with Gasteiger partial charge in [-0.25, -0.2) is 9.78 Å². The minimum Gasteiger partial charge on any atom is -0.378 e. The van der Waals surface area contributed by atoms with Crippen LogP contribution in [0.3, 0.4) is 0 Å². The molecule has 0 aliphatic rings. The van der Waals surface area contributed by atoms with Crippen molar-refractivity contribution in [3.8, 4) is 0 Å². The highest BCUT2D eigenvalue weighted by Gasteiger charge is 2.01. The summed E-state index contributed by atoms with van der Waals surface area (Å²) >= 11 is 0. The van der Waals surface area contributed by atoms with Crippen molar-refractivity contribution in [2.45, 2.75) is 20.0 Å². The van der Waals surface area contributed by atoms with Crippen LogP contribution in [0, 0.1) is 0 Å². The summed E-state index contributed by atoms with van der Waals surface area (Å²) < 4.78 is 2.08. The molecule has 0 spiro atoms. The van der Waals surface area contributed by atoms with E-state index in [1.807, 2.05) is 18.3 Å². The van der Waals surface area contributed by atoms with Gasteiger partial charge in [-0.1, -0.05) is 0 Å². The van der Waals surface area contributed by atoms with Gasteiger partial charge in [-0.05, 0) is 31.2 Å². The number of nitrogens with two attached hydrogens (primary N) is 1. The number of nitrogens with zero attached hydrogens (tertiary/aromatic N) is 2. The van der Waals surface area contributed by atoms with Gasteiger partial charge < -0.3 is 20.9 Å². The van der Waals surface area contributed by atoms with Gasteiger partial charge in [0.15, 0.2) is 0 Å². The largest absolute Gasteiger partial charge is 0.378 e. The molecule has 6 heteroatoms. The Labute approximate surface area is 111 Å². The first-order valence-corrected chi connectivity index (χ1v) is 6.09. The quantitative estimate of drug-likeness (QED) is 0.767. The van der Waals surface area contributed by atoms with E-state index in [0.29, 0.717) is 12.2 Å². The van der Waals surface area contributed by atoms with Crippen molar-refractivity contribution in [2.24, 2.45) is 5.73 Å². The van der Waals surface area contributed by atoms with Gasteiger partial charge in [-0.2, -0.15) is 0 Å². The van der Waals surface area contributed by atoms with E-state index in [9.17, 15) is 4.79 Å². The number of carbonyl (C=O) groups excluding carboxylic acids is 1. The molecule has 6 nitrogen and oxygen atoms in total. The maximum atomic E-state index is 10.7. The Morgan fingerprint density at radius 2 is 2.00 bits per heavy atom. The van der Waals surface area contributed by atoms with Crippen LogP contribution in [0.5, 0.6) is 0 Å². The van der Waals surface area contributed by atoms with Gasteiger partial charge in [0.05, 0.1) is 6.54 Å². The third kappa shape index (κ3) is 3.48. The lowest BCUT2D eigenvalue weighted by Crippen LogP contribution is -2.19. The number of carbonyl (C=O) groups is 1. The number of hydrogen-bond acceptors (Lipinski definition) is 3. The van der Waals surface area contributed by atoms with Crippen molar-refractivity contribution >= 4 is 17.4 Å². The summed E-state index contributed by atoms with van der Waals surface area (Å²) in [4.78, 5) is 15.0. The Bertz CT molecular complexity index is 546. The Balaban J connectivity index is 1.94. The van der Waals surface area contributed by atoms with E-state index in [1.165, 1.54) is 0 Å². The fourth-order valence-corrected chi connectivity index (χ4v) is 1.79. The highest BCUT2D eigenvalue weighted by Crippen LogP contribution is 2.14. The first-order chi connectivity index (χ1) is 9.19. The standard InChI is InChI=1S/C13H17N5O/c1-2-18-8-7-15-12(18)9-16-10-3-5-11(6-4-10)17-13(14)19/h3-8,16H,2,9H2,1H3,(H3,14,17,19). The van der Waals surface area contributed by atoms with E-state index in [0.717, 1.165) is 18.1 Å². The van der Waals surface area contributed by atoms with Crippen LogP contribution in [0.15, 0.2) is 36.7 Å². The van der Waals surface area contributed by atoms with E-state index < -0.39 is 6.03 Å². The molecule has 0 aliphatic heterocycles. The second-order valence-electron chi connectivity index (χ2n) is 4.05. The molecule has 19 heavy (non-hydrogen) atoms. The zero-order valence-electron chi connectivity index (χ0n) is 10.8. The molecule has 1 heterocycles. The third-order valence-electron chi connectivity index (χ3n) is 2.75. The van der Waals surface area contributed by atoms with Crippen LogP contribution in [0.4, 0.5) is 16.2 Å². The van der Waals surface area contributed by atoms with Gasteiger partial charge in [0.1, 0.15) is 5.82 Å². The average Bonchev–Trinajstić information content (AvgIpc) is 2.84. The number of aryl methyl sites for hydroxylation is 1. The average molecular weight is 259 g/mol. The van der Waals surface area contributed by atoms with Crippen LogP contribution in [0.25, 0.3) is 0 Å². The molecule has 0 aliphatic carbocycles. The minimum atomic E-state index is -0.564. The summed E-state index contributed by atoms with van der Waals surface area (Å²) in [6.07, 6.45) is 3.75. The van der Waals surface area contributed by atoms with Crippen LogP contribution >= 0.6 is 0 Å². The molecule has 2 rings (SSSR count). The SMILES string of the molecule is CCn1ccnc1CNc1ccc(NC(N)=O)cc1. The summed E-state index contributed by atoms with van der Waals surface area (Å²) in [5.74, 6) is 0.988. The number of benzene rings is 1. The lowest BCUT2D eigenvalue weighted by Gasteiger charge is -2.09. The molecule has 0 saturated carbocycles. The third-order valence-corrected chi connectivity index (χ3v) is 2.75. The molecule has 2 aromatic rings. The Kier molecular flexibility index (Phi) is 4.02. The van der Waals surface area contributed by atoms with Gasteiger partial charge in [0.2, 0.25) is 0 Å². The summed E-state index contributed by atoms with van der Waals surface area (Å²) in [5, 5.41) is 5.79. The summed E-state index contributed by atoms with van der Waals surface area (Å²) in [6, 6.07) is 6.78. The molecule has 0 fully saturated rings. The zero-order chi connectivity index (χ0) is 13.7. The molecule has 0 bridgehead atoms. The molecule has 0 saturated heterocycles. The summed E-state index contributed by atoms with van der Waals surface area (Å²) in [5.41, 5.74) is 6.67.